The summed E-state index contributed by atoms with van der Waals surface area (Å²) in [6.07, 6.45) is 0. The molecule has 0 fully saturated rings. The molecule has 7 nitrogen and oxygen atoms in total. The van der Waals surface area contributed by atoms with Gasteiger partial charge < -0.3 is 0 Å². The molecule has 62 heavy (non-hydrogen) atoms. The average molecular weight is 794 g/mol. The van der Waals surface area contributed by atoms with Crippen molar-refractivity contribution in [2.75, 3.05) is 0 Å². The van der Waals surface area contributed by atoms with Gasteiger partial charge in [-0.3, -0.25) is 0 Å². The van der Waals surface area contributed by atoms with E-state index >= 15 is 0 Å². The maximum Gasteiger partial charge on any atom is 0.164 e. The quantitative estimate of drug-likeness (QED) is 0.143. The standard InChI is InChI=1S/C55H35N7/c56-36-37-21-23-38(24-22-37)47-33-48(39-25-29-45(30-26-39)54-59-50(41-13-5-1-6-14-41)57-51(60-54)42-15-7-2-8-16-42)35-49(34-47)40-27-31-46(32-28-40)55-61-52(43-17-9-3-10-18-43)58-53(62-55)44-19-11-4-12-20-44/h1-35H. The molecule has 2 heterocycles. The van der Waals surface area contributed by atoms with Crippen molar-refractivity contribution in [3.8, 4) is 108 Å². The Labute approximate surface area is 359 Å². The summed E-state index contributed by atoms with van der Waals surface area (Å²) in [5.74, 6) is 3.67. The van der Waals surface area contributed by atoms with Gasteiger partial charge in [0.15, 0.2) is 34.9 Å². The fourth-order valence-electron chi connectivity index (χ4n) is 7.36. The topological polar surface area (TPSA) is 101 Å². The molecule has 0 unspecified atom stereocenters. The molecule has 0 aliphatic heterocycles. The predicted octanol–water partition coefficient (Wildman–Crippen LogP) is 12.9. The van der Waals surface area contributed by atoms with E-state index in [1.807, 2.05) is 146 Å². The number of benzene rings is 8. The van der Waals surface area contributed by atoms with Crippen LogP contribution in [0.1, 0.15) is 5.56 Å². The first-order valence-corrected chi connectivity index (χ1v) is 20.2. The van der Waals surface area contributed by atoms with Crippen LogP contribution >= 0.6 is 0 Å². The number of hydrogen-bond acceptors (Lipinski definition) is 7. The molecule has 0 radical (unpaired) electrons. The van der Waals surface area contributed by atoms with Crippen LogP contribution in [0.2, 0.25) is 0 Å². The maximum absolute atomic E-state index is 9.51. The van der Waals surface area contributed by atoms with E-state index in [2.05, 4.69) is 72.8 Å². The molecule has 0 saturated heterocycles. The van der Waals surface area contributed by atoms with Gasteiger partial charge in [-0.25, -0.2) is 29.9 Å². The van der Waals surface area contributed by atoms with E-state index in [0.717, 1.165) is 66.8 Å². The molecule has 0 saturated carbocycles. The molecule has 0 spiro atoms. The zero-order chi connectivity index (χ0) is 41.7. The predicted molar refractivity (Wildman–Crippen MR) is 247 cm³/mol. The summed E-state index contributed by atoms with van der Waals surface area (Å²) in [4.78, 5) is 29.5. The number of aromatic nitrogens is 6. The summed E-state index contributed by atoms with van der Waals surface area (Å²) < 4.78 is 0. The van der Waals surface area contributed by atoms with Crippen LogP contribution in [0.3, 0.4) is 0 Å². The molecule has 0 N–H and O–H groups in total. The van der Waals surface area contributed by atoms with Crippen molar-refractivity contribution in [2.24, 2.45) is 0 Å². The minimum Gasteiger partial charge on any atom is -0.208 e. The molecular weight excluding hydrogens is 759 g/mol. The third-order valence-electron chi connectivity index (χ3n) is 10.6. The summed E-state index contributed by atoms with van der Waals surface area (Å²) in [5, 5.41) is 9.51. The highest BCUT2D eigenvalue weighted by Gasteiger charge is 2.15. The molecule has 0 aliphatic carbocycles. The Bertz CT molecular complexity index is 2880. The largest absolute Gasteiger partial charge is 0.208 e. The van der Waals surface area contributed by atoms with Crippen LogP contribution in [0.5, 0.6) is 0 Å². The van der Waals surface area contributed by atoms with E-state index < -0.39 is 0 Å². The van der Waals surface area contributed by atoms with E-state index in [1.165, 1.54) is 0 Å². The number of nitriles is 1. The first kappa shape index (κ1) is 37.5. The van der Waals surface area contributed by atoms with Gasteiger partial charge in [0.25, 0.3) is 0 Å². The highest BCUT2D eigenvalue weighted by atomic mass is 15.0. The molecular formula is C55H35N7. The van der Waals surface area contributed by atoms with Crippen molar-refractivity contribution in [1.82, 2.24) is 29.9 Å². The van der Waals surface area contributed by atoms with Crippen molar-refractivity contribution in [1.29, 1.82) is 5.26 Å². The zero-order valence-electron chi connectivity index (χ0n) is 33.3. The second-order valence-electron chi connectivity index (χ2n) is 14.7. The van der Waals surface area contributed by atoms with Crippen molar-refractivity contribution in [2.45, 2.75) is 0 Å². The Kier molecular flexibility index (Phi) is 10.2. The monoisotopic (exact) mass is 793 g/mol. The summed E-state index contributed by atoms with van der Waals surface area (Å²) in [6.45, 7) is 0. The van der Waals surface area contributed by atoms with Gasteiger partial charge in [0, 0.05) is 33.4 Å². The van der Waals surface area contributed by atoms with Crippen molar-refractivity contribution < 1.29 is 0 Å². The minimum absolute atomic E-state index is 0.598. The fraction of sp³-hybridized carbons (Fsp3) is 0. The van der Waals surface area contributed by atoms with Crippen molar-refractivity contribution in [3.63, 3.8) is 0 Å². The normalized spacial score (nSPS) is 10.9. The first-order valence-electron chi connectivity index (χ1n) is 20.2. The van der Waals surface area contributed by atoms with E-state index in [9.17, 15) is 5.26 Å². The highest BCUT2D eigenvalue weighted by Crippen LogP contribution is 2.35. The Hall–Kier alpha value is -8.73. The third-order valence-corrected chi connectivity index (χ3v) is 10.6. The third kappa shape index (κ3) is 8.00. The highest BCUT2D eigenvalue weighted by molar-refractivity contribution is 5.83. The number of rotatable bonds is 9. The van der Waals surface area contributed by atoms with Crippen LogP contribution in [0.15, 0.2) is 212 Å². The van der Waals surface area contributed by atoms with Crippen molar-refractivity contribution >= 4 is 0 Å². The molecule has 0 bridgehead atoms. The molecule has 7 heteroatoms. The fourth-order valence-corrected chi connectivity index (χ4v) is 7.36. The molecule has 0 amide bonds. The molecule has 0 atom stereocenters. The smallest absolute Gasteiger partial charge is 0.164 e. The minimum atomic E-state index is 0.598. The lowest BCUT2D eigenvalue weighted by molar-refractivity contribution is 1.07. The molecule has 2 aromatic heterocycles. The van der Waals surface area contributed by atoms with Crippen LogP contribution in [-0.2, 0) is 0 Å². The van der Waals surface area contributed by atoms with Gasteiger partial charge in [-0.2, -0.15) is 5.26 Å². The van der Waals surface area contributed by atoms with E-state index in [4.69, 9.17) is 29.9 Å². The molecule has 10 rings (SSSR count). The number of nitrogens with zero attached hydrogens (tertiary/aromatic N) is 7. The van der Waals surface area contributed by atoms with Crippen molar-refractivity contribution in [3.05, 3.63) is 218 Å². The van der Waals surface area contributed by atoms with E-state index in [-0.39, 0.29) is 0 Å². The lowest BCUT2D eigenvalue weighted by Crippen LogP contribution is -2.00. The van der Waals surface area contributed by atoms with Gasteiger partial charge in [0.2, 0.25) is 0 Å². The second kappa shape index (κ2) is 16.9. The Morgan fingerprint density at radius 1 is 0.226 bits per heavy atom. The lowest BCUT2D eigenvalue weighted by Gasteiger charge is -2.13. The molecule has 0 aliphatic rings. The average Bonchev–Trinajstić information content (AvgIpc) is 3.37. The van der Waals surface area contributed by atoms with Crippen LogP contribution in [0.4, 0.5) is 0 Å². The van der Waals surface area contributed by atoms with Gasteiger partial charge in [0.1, 0.15) is 0 Å². The Morgan fingerprint density at radius 2 is 0.435 bits per heavy atom. The van der Waals surface area contributed by atoms with E-state index in [0.29, 0.717) is 40.5 Å². The SMILES string of the molecule is N#Cc1ccc(-c2cc(-c3ccc(-c4nc(-c5ccccc5)nc(-c5ccccc5)n4)cc3)cc(-c3ccc(-c4nc(-c5ccccc5)nc(-c5ccccc5)n4)cc3)c2)cc1. The number of hydrogen-bond donors (Lipinski definition) is 0. The lowest BCUT2D eigenvalue weighted by atomic mass is 9.92. The van der Waals surface area contributed by atoms with Crippen LogP contribution in [0, 0.1) is 11.3 Å². The Balaban J connectivity index is 1.03. The van der Waals surface area contributed by atoms with Gasteiger partial charge in [0.05, 0.1) is 11.6 Å². The first-order chi connectivity index (χ1) is 30.6. The zero-order valence-corrected chi connectivity index (χ0v) is 33.3. The second-order valence-corrected chi connectivity index (χ2v) is 14.7. The van der Waals surface area contributed by atoms with Crippen LogP contribution in [0.25, 0.3) is 102 Å². The summed E-state index contributed by atoms with van der Waals surface area (Å²) >= 11 is 0. The molecule has 8 aromatic carbocycles. The van der Waals surface area contributed by atoms with Gasteiger partial charge >= 0.3 is 0 Å². The van der Waals surface area contributed by atoms with E-state index in [1.54, 1.807) is 0 Å². The Morgan fingerprint density at radius 3 is 0.677 bits per heavy atom. The molecule has 10 aromatic rings. The summed E-state index contributed by atoms with van der Waals surface area (Å²) in [5.41, 5.74) is 12.3. The van der Waals surface area contributed by atoms with Crippen LogP contribution < -0.4 is 0 Å². The van der Waals surface area contributed by atoms with Gasteiger partial charge in [-0.05, 0) is 63.7 Å². The van der Waals surface area contributed by atoms with Crippen LogP contribution in [-0.4, -0.2) is 29.9 Å². The van der Waals surface area contributed by atoms with Gasteiger partial charge in [-0.1, -0.05) is 182 Å². The maximum atomic E-state index is 9.51. The summed E-state index contributed by atoms with van der Waals surface area (Å²) in [6, 6.07) is 73.2. The van der Waals surface area contributed by atoms with Gasteiger partial charge in [-0.15, -0.1) is 0 Å². The molecule has 290 valence electrons. The summed E-state index contributed by atoms with van der Waals surface area (Å²) in [7, 11) is 0.